The summed E-state index contributed by atoms with van der Waals surface area (Å²) in [6, 6.07) is 5.20. The average molecular weight is 236 g/mol. The molecule has 2 rings (SSSR count). The number of hydrogen-bond acceptors (Lipinski definition) is 4. The van der Waals surface area contributed by atoms with E-state index in [1.807, 2.05) is 20.0 Å². The van der Waals surface area contributed by atoms with Crippen molar-refractivity contribution in [2.75, 3.05) is 13.6 Å². The van der Waals surface area contributed by atoms with E-state index in [0.29, 0.717) is 11.3 Å². The third-order valence-electron chi connectivity index (χ3n) is 2.77. The molecule has 0 spiro atoms. The molecule has 1 aromatic rings. The second-order valence-electron chi connectivity index (χ2n) is 4.39. The highest BCUT2D eigenvalue weighted by Gasteiger charge is 2.18. The molecule has 92 valence electrons. The minimum Gasteiger partial charge on any atom is -0.489 e. The molecule has 1 amide bonds. The Morgan fingerprint density at radius 1 is 1.59 bits per heavy atom. The standard InChI is InChI=1S/C12H16N2O3/c1-8-6-14(2)7-10-4-3-9(12(15)13-16)5-11(10)17-8/h3-5,8,16H,6-7H2,1-2H3,(H,13,15)/t8-/m0/s1. The SMILES string of the molecule is C[C@H]1CN(C)Cc2ccc(C(=O)NO)cc2O1. The third kappa shape index (κ3) is 2.57. The highest BCUT2D eigenvalue weighted by molar-refractivity contribution is 5.93. The van der Waals surface area contributed by atoms with Gasteiger partial charge in [0.15, 0.2) is 0 Å². The number of nitrogens with zero attached hydrogens (tertiary/aromatic N) is 1. The number of carbonyl (C=O) groups excluding carboxylic acids is 1. The largest absolute Gasteiger partial charge is 0.489 e. The van der Waals surface area contributed by atoms with Gasteiger partial charge in [0.2, 0.25) is 0 Å². The Hall–Kier alpha value is -1.59. The van der Waals surface area contributed by atoms with Gasteiger partial charge in [0.25, 0.3) is 5.91 Å². The molecule has 0 fully saturated rings. The molecule has 17 heavy (non-hydrogen) atoms. The Kier molecular flexibility index (Phi) is 3.31. The molecule has 0 aliphatic carbocycles. The highest BCUT2D eigenvalue weighted by Crippen LogP contribution is 2.25. The monoisotopic (exact) mass is 236 g/mol. The van der Waals surface area contributed by atoms with E-state index < -0.39 is 5.91 Å². The molecular formula is C12H16N2O3. The minimum atomic E-state index is -0.526. The third-order valence-corrected chi connectivity index (χ3v) is 2.77. The van der Waals surface area contributed by atoms with E-state index in [2.05, 4.69) is 4.90 Å². The molecule has 0 radical (unpaired) electrons. The van der Waals surface area contributed by atoms with Crippen LogP contribution in [0.25, 0.3) is 0 Å². The minimum absolute atomic E-state index is 0.0775. The first-order valence-corrected chi connectivity index (χ1v) is 5.52. The van der Waals surface area contributed by atoms with Gasteiger partial charge in [-0.2, -0.15) is 0 Å². The van der Waals surface area contributed by atoms with Gasteiger partial charge in [0.05, 0.1) is 0 Å². The summed E-state index contributed by atoms with van der Waals surface area (Å²) < 4.78 is 5.76. The lowest BCUT2D eigenvalue weighted by Crippen LogP contribution is -2.27. The zero-order valence-electron chi connectivity index (χ0n) is 9.93. The van der Waals surface area contributed by atoms with Crippen molar-refractivity contribution in [1.29, 1.82) is 0 Å². The van der Waals surface area contributed by atoms with Gasteiger partial charge in [-0.3, -0.25) is 14.9 Å². The van der Waals surface area contributed by atoms with Crippen LogP contribution in [0.4, 0.5) is 0 Å². The zero-order valence-corrected chi connectivity index (χ0v) is 9.93. The average Bonchev–Trinajstić information content (AvgIpc) is 2.43. The number of hydrogen-bond donors (Lipinski definition) is 2. The van der Waals surface area contributed by atoms with E-state index in [9.17, 15) is 4.79 Å². The molecule has 5 heteroatoms. The second kappa shape index (κ2) is 4.73. The molecule has 0 bridgehead atoms. The van der Waals surface area contributed by atoms with Gasteiger partial charge in [0.1, 0.15) is 11.9 Å². The van der Waals surface area contributed by atoms with E-state index in [-0.39, 0.29) is 6.10 Å². The maximum Gasteiger partial charge on any atom is 0.274 e. The molecule has 1 aliphatic rings. The summed E-state index contributed by atoms with van der Waals surface area (Å²) in [5, 5.41) is 8.59. The van der Waals surface area contributed by atoms with Crippen molar-refractivity contribution in [3.8, 4) is 5.75 Å². The lowest BCUT2D eigenvalue weighted by molar-refractivity contribution is 0.0705. The van der Waals surface area contributed by atoms with Gasteiger partial charge in [-0.1, -0.05) is 6.07 Å². The van der Waals surface area contributed by atoms with E-state index in [1.165, 1.54) is 0 Å². The van der Waals surface area contributed by atoms with Crippen molar-refractivity contribution < 1.29 is 14.7 Å². The Morgan fingerprint density at radius 2 is 2.35 bits per heavy atom. The van der Waals surface area contributed by atoms with Gasteiger partial charge < -0.3 is 4.74 Å². The quantitative estimate of drug-likeness (QED) is 0.564. The van der Waals surface area contributed by atoms with Gasteiger partial charge in [-0.15, -0.1) is 0 Å². The summed E-state index contributed by atoms with van der Waals surface area (Å²) in [6.45, 7) is 3.63. The van der Waals surface area contributed by atoms with Crippen molar-refractivity contribution in [3.63, 3.8) is 0 Å². The number of carbonyl (C=O) groups is 1. The van der Waals surface area contributed by atoms with Gasteiger partial charge >= 0.3 is 0 Å². The molecule has 0 saturated heterocycles. The van der Waals surface area contributed by atoms with Crippen molar-refractivity contribution in [2.45, 2.75) is 19.6 Å². The van der Waals surface area contributed by atoms with Gasteiger partial charge in [0, 0.05) is 24.2 Å². The summed E-state index contributed by atoms with van der Waals surface area (Å²) in [7, 11) is 2.03. The maximum atomic E-state index is 11.3. The summed E-state index contributed by atoms with van der Waals surface area (Å²) in [5.41, 5.74) is 3.06. The van der Waals surface area contributed by atoms with Gasteiger partial charge in [-0.05, 0) is 26.1 Å². The van der Waals surface area contributed by atoms with E-state index in [0.717, 1.165) is 18.7 Å². The summed E-state index contributed by atoms with van der Waals surface area (Å²) in [4.78, 5) is 13.5. The first kappa shape index (κ1) is 11.9. The number of likely N-dealkylation sites (N-methyl/N-ethyl adjacent to an activating group) is 1. The Labute approximate surface area is 99.9 Å². The molecule has 0 saturated carbocycles. The van der Waals surface area contributed by atoms with Crippen LogP contribution in [-0.4, -0.2) is 35.7 Å². The topological polar surface area (TPSA) is 61.8 Å². The summed E-state index contributed by atoms with van der Waals surface area (Å²) in [6.07, 6.45) is 0.0775. The molecule has 1 aromatic carbocycles. The van der Waals surface area contributed by atoms with Gasteiger partial charge in [-0.25, -0.2) is 5.48 Å². The lowest BCUT2D eigenvalue weighted by atomic mass is 10.1. The number of fused-ring (bicyclic) bond motifs is 1. The van der Waals surface area contributed by atoms with Crippen molar-refractivity contribution in [2.24, 2.45) is 0 Å². The number of nitrogens with one attached hydrogen (secondary N) is 1. The fourth-order valence-electron chi connectivity index (χ4n) is 2.05. The first-order valence-electron chi connectivity index (χ1n) is 5.52. The second-order valence-corrected chi connectivity index (χ2v) is 4.39. The fraction of sp³-hybridized carbons (Fsp3) is 0.417. The Balaban J connectivity index is 2.34. The number of benzene rings is 1. The van der Waals surface area contributed by atoms with Crippen molar-refractivity contribution in [3.05, 3.63) is 29.3 Å². The normalized spacial score (nSPS) is 20.1. The molecule has 1 atom stereocenters. The van der Waals surface area contributed by atoms with Crippen LogP contribution in [0.3, 0.4) is 0 Å². The number of amides is 1. The number of rotatable bonds is 1. The van der Waals surface area contributed by atoms with E-state index >= 15 is 0 Å². The smallest absolute Gasteiger partial charge is 0.274 e. The molecule has 5 nitrogen and oxygen atoms in total. The summed E-state index contributed by atoms with van der Waals surface area (Å²) in [5.74, 6) is 0.185. The van der Waals surface area contributed by atoms with Crippen LogP contribution in [0, 0.1) is 0 Å². The van der Waals surface area contributed by atoms with Crippen molar-refractivity contribution >= 4 is 5.91 Å². The van der Waals surface area contributed by atoms with Crippen molar-refractivity contribution in [1.82, 2.24) is 10.4 Å². The Morgan fingerprint density at radius 3 is 3.06 bits per heavy atom. The number of hydroxylamine groups is 1. The fourth-order valence-corrected chi connectivity index (χ4v) is 2.05. The molecule has 0 aromatic heterocycles. The van der Waals surface area contributed by atoms with E-state index in [4.69, 9.17) is 9.94 Å². The molecule has 2 N–H and O–H groups in total. The molecule has 1 heterocycles. The van der Waals surface area contributed by atoms with Crippen LogP contribution in [0.2, 0.25) is 0 Å². The highest BCUT2D eigenvalue weighted by atomic mass is 16.5. The molecular weight excluding hydrogens is 220 g/mol. The van der Waals surface area contributed by atoms with Crippen LogP contribution in [0.15, 0.2) is 18.2 Å². The van der Waals surface area contributed by atoms with Crippen LogP contribution in [0.5, 0.6) is 5.75 Å². The zero-order chi connectivity index (χ0) is 12.4. The first-order chi connectivity index (χ1) is 8.10. The molecule has 1 aliphatic heterocycles. The predicted octanol–water partition coefficient (Wildman–Crippen LogP) is 1.02. The maximum absolute atomic E-state index is 11.3. The van der Waals surface area contributed by atoms with Crippen LogP contribution in [0.1, 0.15) is 22.8 Å². The van der Waals surface area contributed by atoms with Crippen LogP contribution < -0.4 is 10.2 Å². The Bertz CT molecular complexity index is 434. The summed E-state index contributed by atoms with van der Waals surface area (Å²) >= 11 is 0. The number of ether oxygens (including phenoxy) is 1. The predicted molar refractivity (Wildman–Crippen MR) is 62.1 cm³/mol. The van der Waals surface area contributed by atoms with Crippen LogP contribution in [-0.2, 0) is 6.54 Å². The lowest BCUT2D eigenvalue weighted by Gasteiger charge is -2.15. The molecule has 0 unspecified atom stereocenters. The van der Waals surface area contributed by atoms with Crippen LogP contribution >= 0.6 is 0 Å². The van der Waals surface area contributed by atoms with E-state index in [1.54, 1.807) is 17.6 Å².